The second kappa shape index (κ2) is 11.7. The summed E-state index contributed by atoms with van der Waals surface area (Å²) < 4.78 is 10.8. The Morgan fingerprint density at radius 1 is 1.33 bits per heavy atom. The van der Waals surface area contributed by atoms with Gasteiger partial charge in [-0.1, -0.05) is 12.1 Å². The fourth-order valence-electron chi connectivity index (χ4n) is 3.09. The molecule has 1 aromatic carbocycles. The molecule has 1 unspecified atom stereocenters. The summed E-state index contributed by atoms with van der Waals surface area (Å²) in [6.45, 7) is 11.0. The second-order valence-corrected chi connectivity index (χ2v) is 8.63. The van der Waals surface area contributed by atoms with Crippen molar-refractivity contribution >= 4 is 41.7 Å². The smallest absolute Gasteiger partial charge is 0.415 e. The van der Waals surface area contributed by atoms with Crippen LogP contribution in [0.25, 0.3) is 0 Å². The molecule has 1 saturated carbocycles. The maximum Gasteiger partial charge on any atom is 0.415 e. The number of carbonyl (C=O) groups is 1. The molecule has 0 saturated heterocycles. The van der Waals surface area contributed by atoms with Crippen LogP contribution in [0.15, 0.2) is 23.2 Å². The van der Waals surface area contributed by atoms with Crippen molar-refractivity contribution in [1.29, 1.82) is 0 Å². The topological polar surface area (TPSA) is 75.2 Å². The third-order valence-electron chi connectivity index (χ3n) is 4.51. The molecule has 2 N–H and O–H groups in total. The average molecular weight is 532 g/mol. The van der Waals surface area contributed by atoms with Crippen LogP contribution in [0.5, 0.6) is 0 Å². The van der Waals surface area contributed by atoms with E-state index in [2.05, 4.69) is 21.7 Å². The summed E-state index contributed by atoms with van der Waals surface area (Å²) in [4.78, 5) is 18.8. The van der Waals surface area contributed by atoms with Gasteiger partial charge in [-0.25, -0.2) is 4.79 Å². The number of aliphatic imine (C=N–C) groups is 1. The zero-order valence-corrected chi connectivity index (χ0v) is 21.6. The van der Waals surface area contributed by atoms with Crippen LogP contribution in [0.4, 0.5) is 10.5 Å². The Hall–Kier alpha value is -1.55. The van der Waals surface area contributed by atoms with E-state index >= 15 is 0 Å². The summed E-state index contributed by atoms with van der Waals surface area (Å²) in [7, 11) is 3.43. The summed E-state index contributed by atoms with van der Waals surface area (Å²) in [5, 5.41) is 6.60. The molecule has 2 rings (SSSR count). The third kappa shape index (κ3) is 8.29. The van der Waals surface area contributed by atoms with Crippen molar-refractivity contribution < 1.29 is 14.3 Å². The van der Waals surface area contributed by atoms with Crippen LogP contribution in [0.2, 0.25) is 0 Å². The average Bonchev–Trinajstić information content (AvgIpc) is 3.44. The fourth-order valence-corrected chi connectivity index (χ4v) is 3.09. The quantitative estimate of drug-likeness (QED) is 0.313. The molecule has 170 valence electrons. The molecule has 0 bridgehead atoms. The van der Waals surface area contributed by atoms with E-state index in [1.165, 1.54) is 0 Å². The van der Waals surface area contributed by atoms with Gasteiger partial charge in [0.1, 0.15) is 5.60 Å². The van der Waals surface area contributed by atoms with Crippen LogP contribution in [-0.4, -0.2) is 50.5 Å². The number of ether oxygens (including phenoxy) is 2. The number of aryl methyl sites for hydroxylation is 1. The number of anilines is 1. The van der Waals surface area contributed by atoms with Gasteiger partial charge in [0.2, 0.25) is 0 Å². The van der Waals surface area contributed by atoms with E-state index in [1.54, 1.807) is 14.2 Å². The number of rotatable bonds is 7. The SMILES string of the molecule is CN=C(NCc1ccc(N(C(=O)OC(C)(C)C)C2CC2)c(C)c1)NC(C)COC.I. The maximum absolute atomic E-state index is 12.7. The van der Waals surface area contributed by atoms with E-state index in [0.717, 1.165) is 35.6 Å². The first kappa shape index (κ1) is 26.5. The number of halogens is 1. The van der Waals surface area contributed by atoms with Gasteiger partial charge < -0.3 is 20.1 Å². The van der Waals surface area contributed by atoms with Gasteiger partial charge in [-0.2, -0.15) is 0 Å². The van der Waals surface area contributed by atoms with Crippen molar-refractivity contribution in [3.8, 4) is 0 Å². The molecule has 7 nitrogen and oxygen atoms in total. The van der Waals surface area contributed by atoms with Gasteiger partial charge in [0.05, 0.1) is 12.3 Å². The van der Waals surface area contributed by atoms with Crippen LogP contribution in [0.1, 0.15) is 51.7 Å². The Morgan fingerprint density at radius 3 is 2.50 bits per heavy atom. The molecule has 1 aliphatic rings. The van der Waals surface area contributed by atoms with Crippen LogP contribution in [0, 0.1) is 6.92 Å². The number of nitrogens with zero attached hydrogens (tertiary/aromatic N) is 2. The van der Waals surface area contributed by atoms with E-state index in [-0.39, 0.29) is 42.2 Å². The molecule has 1 aliphatic carbocycles. The first-order chi connectivity index (χ1) is 13.6. The summed E-state index contributed by atoms with van der Waals surface area (Å²) in [6, 6.07) is 6.56. The van der Waals surface area contributed by atoms with Crippen molar-refractivity contribution in [3.05, 3.63) is 29.3 Å². The predicted molar refractivity (Wildman–Crippen MR) is 133 cm³/mol. The predicted octanol–water partition coefficient (Wildman–Crippen LogP) is 4.22. The Labute approximate surface area is 198 Å². The Balaban J connectivity index is 0.00000450. The molecule has 1 aromatic rings. The van der Waals surface area contributed by atoms with E-state index in [0.29, 0.717) is 13.2 Å². The molecule has 30 heavy (non-hydrogen) atoms. The van der Waals surface area contributed by atoms with E-state index in [1.807, 2.05) is 51.7 Å². The molecular weight excluding hydrogens is 495 g/mol. The number of benzene rings is 1. The number of guanidine groups is 1. The summed E-state index contributed by atoms with van der Waals surface area (Å²) in [5.41, 5.74) is 2.58. The van der Waals surface area contributed by atoms with Crippen LogP contribution in [-0.2, 0) is 16.0 Å². The van der Waals surface area contributed by atoms with E-state index in [9.17, 15) is 4.79 Å². The lowest BCUT2D eigenvalue weighted by Crippen LogP contribution is -2.43. The molecule has 0 spiro atoms. The first-order valence-electron chi connectivity index (χ1n) is 10.2. The van der Waals surface area contributed by atoms with Crippen LogP contribution < -0.4 is 15.5 Å². The van der Waals surface area contributed by atoms with Crippen molar-refractivity contribution in [2.75, 3.05) is 25.7 Å². The van der Waals surface area contributed by atoms with Gasteiger partial charge in [0, 0.05) is 32.8 Å². The standard InChI is InChI=1S/C22H36N4O3.HI/c1-15-12-17(13-24-20(23-6)25-16(2)14-28-7)8-11-19(15)26(18-9-10-18)21(27)29-22(3,4)5;/h8,11-12,16,18H,9-10,13-14H2,1-7H3,(H2,23,24,25);1H. The lowest BCUT2D eigenvalue weighted by Gasteiger charge is -2.28. The second-order valence-electron chi connectivity index (χ2n) is 8.63. The maximum atomic E-state index is 12.7. The molecule has 1 atom stereocenters. The van der Waals surface area contributed by atoms with Gasteiger partial charge in [-0.3, -0.25) is 9.89 Å². The Kier molecular flexibility index (Phi) is 10.4. The minimum Gasteiger partial charge on any atom is -0.443 e. The molecule has 0 aliphatic heterocycles. The number of amides is 1. The minimum absolute atomic E-state index is 0. The first-order valence-corrected chi connectivity index (χ1v) is 10.2. The highest BCUT2D eigenvalue weighted by molar-refractivity contribution is 14.0. The van der Waals surface area contributed by atoms with Crippen molar-refractivity contribution in [2.24, 2.45) is 4.99 Å². The summed E-state index contributed by atoms with van der Waals surface area (Å²) in [6.07, 6.45) is 1.76. The zero-order chi connectivity index (χ0) is 21.6. The zero-order valence-electron chi connectivity index (χ0n) is 19.2. The molecule has 1 fully saturated rings. The minimum atomic E-state index is -0.509. The van der Waals surface area contributed by atoms with E-state index < -0.39 is 5.60 Å². The third-order valence-corrected chi connectivity index (χ3v) is 4.51. The van der Waals surface area contributed by atoms with Crippen LogP contribution >= 0.6 is 24.0 Å². The normalized spacial score (nSPS) is 15.1. The summed E-state index contributed by atoms with van der Waals surface area (Å²) in [5.74, 6) is 0.727. The summed E-state index contributed by atoms with van der Waals surface area (Å²) >= 11 is 0. The van der Waals surface area contributed by atoms with Crippen molar-refractivity contribution in [1.82, 2.24) is 10.6 Å². The molecule has 0 heterocycles. The Morgan fingerprint density at radius 2 is 2.00 bits per heavy atom. The van der Waals surface area contributed by atoms with Crippen molar-refractivity contribution in [2.45, 2.75) is 71.7 Å². The monoisotopic (exact) mass is 532 g/mol. The van der Waals surface area contributed by atoms with Gasteiger partial charge in [0.15, 0.2) is 5.96 Å². The highest BCUT2D eigenvalue weighted by atomic mass is 127. The largest absolute Gasteiger partial charge is 0.443 e. The molecule has 0 radical (unpaired) electrons. The van der Waals surface area contributed by atoms with Crippen LogP contribution in [0.3, 0.4) is 0 Å². The molecular formula is C22H37IN4O3. The molecule has 0 aromatic heterocycles. The lowest BCUT2D eigenvalue weighted by atomic mass is 10.1. The van der Waals surface area contributed by atoms with Crippen molar-refractivity contribution in [3.63, 3.8) is 0 Å². The van der Waals surface area contributed by atoms with Gasteiger partial charge >= 0.3 is 6.09 Å². The van der Waals surface area contributed by atoms with Gasteiger partial charge in [-0.15, -0.1) is 24.0 Å². The van der Waals surface area contributed by atoms with E-state index in [4.69, 9.17) is 9.47 Å². The number of hydrogen-bond donors (Lipinski definition) is 2. The van der Waals surface area contributed by atoms with Gasteiger partial charge in [-0.05, 0) is 64.7 Å². The molecule has 8 heteroatoms. The molecule has 1 amide bonds. The number of methoxy groups -OCH3 is 1. The number of hydrogen-bond acceptors (Lipinski definition) is 4. The van der Waals surface area contributed by atoms with Gasteiger partial charge in [0.25, 0.3) is 0 Å². The lowest BCUT2D eigenvalue weighted by molar-refractivity contribution is 0.0577. The highest BCUT2D eigenvalue weighted by Crippen LogP contribution is 2.35. The number of nitrogens with one attached hydrogen (secondary N) is 2. The Bertz CT molecular complexity index is 730. The fraction of sp³-hybridized carbons (Fsp3) is 0.636. The number of carbonyl (C=O) groups excluding carboxylic acids is 1. The highest BCUT2D eigenvalue weighted by Gasteiger charge is 2.37.